The predicted molar refractivity (Wildman–Crippen MR) is 82.6 cm³/mol. The Balaban J connectivity index is 3.87. The zero-order valence-corrected chi connectivity index (χ0v) is 12.2. The van der Waals surface area contributed by atoms with Crippen molar-refractivity contribution in [3.63, 3.8) is 0 Å². The van der Waals surface area contributed by atoms with E-state index in [9.17, 15) is 0 Å². The summed E-state index contributed by atoms with van der Waals surface area (Å²) in [7, 11) is 0. The van der Waals surface area contributed by atoms with Gasteiger partial charge >= 0.3 is 0 Å². The number of nitrogens with one attached hydrogen (secondary N) is 1. The molecule has 0 amide bonds. The molecule has 0 aromatic heterocycles. The first-order valence-electron chi connectivity index (χ1n) is 6.51. The highest BCUT2D eigenvalue weighted by molar-refractivity contribution is 5.59. The monoisotopic (exact) mass is 246 g/mol. The van der Waals surface area contributed by atoms with E-state index in [1.807, 2.05) is 13.0 Å². The van der Waals surface area contributed by atoms with Gasteiger partial charge in [0.1, 0.15) is 0 Å². The maximum Gasteiger partial charge on any atom is 0.0925 e. The Morgan fingerprint density at radius 3 is 2.50 bits per heavy atom. The summed E-state index contributed by atoms with van der Waals surface area (Å²) in [4.78, 5) is 4.24. The van der Waals surface area contributed by atoms with Gasteiger partial charge in [-0.25, -0.2) is 4.99 Å². The smallest absolute Gasteiger partial charge is 0.0925 e. The largest absolute Gasteiger partial charge is 0.347 e. The Labute approximate surface area is 112 Å². The summed E-state index contributed by atoms with van der Waals surface area (Å²) in [6.07, 6.45) is 13.2. The third-order valence-corrected chi connectivity index (χ3v) is 2.22. The van der Waals surface area contributed by atoms with E-state index in [1.165, 1.54) is 5.57 Å². The van der Waals surface area contributed by atoms with E-state index in [1.54, 1.807) is 6.34 Å². The Bertz CT molecular complexity index is 353. The van der Waals surface area contributed by atoms with Gasteiger partial charge < -0.3 is 5.32 Å². The molecule has 100 valence electrons. The lowest BCUT2D eigenvalue weighted by Crippen LogP contribution is -2.07. The van der Waals surface area contributed by atoms with E-state index >= 15 is 0 Å². The average Bonchev–Trinajstić information content (AvgIpc) is 2.28. The number of hydrogen-bond donors (Lipinski definition) is 1. The molecule has 2 nitrogen and oxygen atoms in total. The minimum absolute atomic E-state index is 0.861. The van der Waals surface area contributed by atoms with Crippen molar-refractivity contribution < 1.29 is 0 Å². The molecule has 0 atom stereocenters. The van der Waals surface area contributed by atoms with Gasteiger partial charge in [-0.15, -0.1) is 0 Å². The zero-order valence-electron chi connectivity index (χ0n) is 12.2. The van der Waals surface area contributed by atoms with Gasteiger partial charge in [0.25, 0.3) is 0 Å². The van der Waals surface area contributed by atoms with Gasteiger partial charge in [0.05, 0.1) is 6.34 Å². The van der Waals surface area contributed by atoms with Crippen LogP contribution in [0.15, 0.2) is 52.8 Å². The van der Waals surface area contributed by atoms with Crippen LogP contribution >= 0.6 is 0 Å². The van der Waals surface area contributed by atoms with Crippen molar-refractivity contribution >= 4 is 6.34 Å². The van der Waals surface area contributed by atoms with Gasteiger partial charge in [0, 0.05) is 11.4 Å². The number of aliphatic imine (C=N–C) groups is 1. The van der Waals surface area contributed by atoms with Gasteiger partial charge in [-0.3, -0.25) is 0 Å². The van der Waals surface area contributed by atoms with Crippen molar-refractivity contribution in [1.29, 1.82) is 0 Å². The second kappa shape index (κ2) is 10.6. The van der Waals surface area contributed by atoms with Crippen molar-refractivity contribution in [3.8, 4) is 0 Å². The summed E-state index contributed by atoms with van der Waals surface area (Å²) in [5, 5.41) is 3.04. The summed E-state index contributed by atoms with van der Waals surface area (Å²) in [6.45, 7) is 12.2. The van der Waals surface area contributed by atoms with Gasteiger partial charge in [-0.2, -0.15) is 0 Å². The summed E-state index contributed by atoms with van der Waals surface area (Å²) in [5.74, 6) is 0. The molecule has 0 saturated carbocycles. The number of rotatable bonds is 8. The molecule has 0 aliphatic rings. The van der Waals surface area contributed by atoms with Crippen molar-refractivity contribution in [2.75, 3.05) is 0 Å². The summed E-state index contributed by atoms with van der Waals surface area (Å²) in [6, 6.07) is 0. The molecule has 2 heteroatoms. The normalized spacial score (nSPS) is 12.1. The highest BCUT2D eigenvalue weighted by Gasteiger charge is 1.84. The predicted octanol–water partition coefficient (Wildman–Crippen LogP) is 4.73. The standard InChI is InChI=1S/C16H26N2/c1-6-10-15(4)17-13-18-16(5)12-9-7-8-11-14(2)3/h9-13H,5-8H2,1-4H3,(H,17,18)/b12-9+,15-10?. The lowest BCUT2D eigenvalue weighted by atomic mass is 10.2. The van der Waals surface area contributed by atoms with E-state index in [2.05, 4.69) is 55.9 Å². The van der Waals surface area contributed by atoms with E-state index in [0.29, 0.717) is 0 Å². The molecule has 1 N–H and O–H groups in total. The number of unbranched alkanes of at least 4 members (excludes halogenated alkanes) is 1. The lowest BCUT2D eigenvalue weighted by Gasteiger charge is -1.98. The van der Waals surface area contributed by atoms with Gasteiger partial charge in [-0.1, -0.05) is 37.3 Å². The molecule has 0 radical (unpaired) electrons. The van der Waals surface area contributed by atoms with Crippen LogP contribution in [0.4, 0.5) is 0 Å². The van der Waals surface area contributed by atoms with Crippen LogP contribution < -0.4 is 5.32 Å². The van der Waals surface area contributed by atoms with Crippen LogP contribution in [-0.2, 0) is 0 Å². The van der Waals surface area contributed by atoms with Gasteiger partial charge in [0.2, 0.25) is 0 Å². The molecule has 0 aromatic carbocycles. The first kappa shape index (κ1) is 16.4. The highest BCUT2D eigenvalue weighted by Crippen LogP contribution is 1.99. The van der Waals surface area contributed by atoms with Crippen molar-refractivity contribution in [3.05, 3.63) is 47.9 Å². The van der Waals surface area contributed by atoms with E-state index in [-0.39, 0.29) is 0 Å². The molecule has 0 rings (SSSR count). The topological polar surface area (TPSA) is 24.4 Å². The molecule has 0 heterocycles. The molecule has 0 bridgehead atoms. The van der Waals surface area contributed by atoms with Crippen molar-refractivity contribution in [1.82, 2.24) is 5.32 Å². The zero-order chi connectivity index (χ0) is 13.8. The average molecular weight is 246 g/mol. The van der Waals surface area contributed by atoms with Crippen LogP contribution in [0.2, 0.25) is 0 Å². The summed E-state index contributed by atoms with van der Waals surface area (Å²) >= 11 is 0. The van der Waals surface area contributed by atoms with Crippen LogP contribution in [0.5, 0.6) is 0 Å². The van der Waals surface area contributed by atoms with Crippen molar-refractivity contribution in [2.45, 2.75) is 47.0 Å². The van der Waals surface area contributed by atoms with Crippen LogP contribution in [0.3, 0.4) is 0 Å². The molecular formula is C16H26N2. The number of nitrogens with zero attached hydrogens (tertiary/aromatic N) is 1. The fraction of sp³-hybridized carbons (Fsp3) is 0.438. The van der Waals surface area contributed by atoms with Crippen molar-refractivity contribution in [2.24, 2.45) is 4.99 Å². The Kier molecular flexibility index (Phi) is 9.65. The second-order valence-corrected chi connectivity index (χ2v) is 4.44. The molecule has 0 aliphatic carbocycles. The molecular weight excluding hydrogens is 220 g/mol. The highest BCUT2D eigenvalue weighted by atomic mass is 14.9. The Morgan fingerprint density at radius 2 is 1.89 bits per heavy atom. The molecule has 18 heavy (non-hydrogen) atoms. The lowest BCUT2D eigenvalue weighted by molar-refractivity contribution is 1.03. The quantitative estimate of drug-likeness (QED) is 0.216. The molecule has 0 spiro atoms. The third kappa shape index (κ3) is 10.9. The maximum absolute atomic E-state index is 4.24. The maximum atomic E-state index is 4.24. The third-order valence-electron chi connectivity index (χ3n) is 2.22. The van der Waals surface area contributed by atoms with Crippen LogP contribution in [-0.4, -0.2) is 6.34 Å². The van der Waals surface area contributed by atoms with E-state index in [4.69, 9.17) is 0 Å². The molecule has 0 unspecified atom stereocenters. The molecule has 0 aromatic rings. The first-order chi connectivity index (χ1) is 8.56. The van der Waals surface area contributed by atoms with Crippen LogP contribution in [0.1, 0.15) is 47.0 Å². The fourth-order valence-electron chi connectivity index (χ4n) is 1.31. The van der Waals surface area contributed by atoms with E-state index in [0.717, 1.165) is 30.7 Å². The van der Waals surface area contributed by atoms with Crippen LogP contribution in [0.25, 0.3) is 0 Å². The van der Waals surface area contributed by atoms with Gasteiger partial charge in [-0.05, 0) is 46.1 Å². The molecule has 0 fully saturated rings. The second-order valence-electron chi connectivity index (χ2n) is 4.44. The Hall–Kier alpha value is -1.57. The first-order valence-corrected chi connectivity index (χ1v) is 6.51. The number of allylic oxidation sites excluding steroid dienone is 6. The minimum Gasteiger partial charge on any atom is -0.347 e. The van der Waals surface area contributed by atoms with Gasteiger partial charge in [0.15, 0.2) is 0 Å². The molecule has 0 aliphatic heterocycles. The minimum atomic E-state index is 0.861. The SMILES string of the molecule is C=C(/C=C/CCC=C(C)C)NC=NC(C)=CCC. The summed E-state index contributed by atoms with van der Waals surface area (Å²) < 4.78 is 0. The fourth-order valence-corrected chi connectivity index (χ4v) is 1.31. The van der Waals surface area contributed by atoms with E-state index < -0.39 is 0 Å². The Morgan fingerprint density at radius 1 is 1.17 bits per heavy atom. The number of hydrogen-bond acceptors (Lipinski definition) is 1. The molecule has 0 saturated heterocycles. The summed E-state index contributed by atoms with van der Waals surface area (Å²) in [5.41, 5.74) is 3.25. The van der Waals surface area contributed by atoms with Crippen LogP contribution in [0, 0.1) is 0 Å².